The number of aromatic nitrogens is 1. The van der Waals surface area contributed by atoms with Crippen molar-refractivity contribution in [3.63, 3.8) is 0 Å². The summed E-state index contributed by atoms with van der Waals surface area (Å²) in [5.41, 5.74) is 4.35. The number of aryl methyl sites for hydroxylation is 1. The summed E-state index contributed by atoms with van der Waals surface area (Å²) in [6, 6.07) is 16.0. The van der Waals surface area contributed by atoms with Crippen molar-refractivity contribution in [3.05, 3.63) is 64.6 Å². The summed E-state index contributed by atoms with van der Waals surface area (Å²) < 4.78 is 10.6. The van der Waals surface area contributed by atoms with Crippen LogP contribution in [0, 0.1) is 11.3 Å². The zero-order valence-electron chi connectivity index (χ0n) is 16.0. The Balaban J connectivity index is 1.84. The normalized spacial score (nSPS) is 11.0. The third-order valence-corrected chi connectivity index (χ3v) is 5.17. The van der Waals surface area contributed by atoms with E-state index in [1.807, 2.05) is 23.6 Å². The number of methoxy groups -OCH3 is 2. The lowest BCUT2D eigenvalue weighted by Crippen LogP contribution is -1.96. The van der Waals surface area contributed by atoms with E-state index in [1.165, 1.54) is 16.9 Å². The second-order valence-electron chi connectivity index (χ2n) is 5.97. The molecule has 0 aliphatic carbocycles. The summed E-state index contributed by atoms with van der Waals surface area (Å²) in [4.78, 5) is 4.63. The van der Waals surface area contributed by atoms with E-state index in [4.69, 9.17) is 9.47 Å². The van der Waals surface area contributed by atoms with E-state index in [2.05, 4.69) is 47.6 Å². The first-order valence-corrected chi connectivity index (χ1v) is 9.70. The molecule has 3 aromatic rings. The van der Waals surface area contributed by atoms with Gasteiger partial charge in [0, 0.05) is 23.2 Å². The van der Waals surface area contributed by atoms with Crippen LogP contribution in [0.25, 0.3) is 16.8 Å². The highest BCUT2D eigenvalue weighted by molar-refractivity contribution is 7.11. The molecule has 0 fully saturated rings. The lowest BCUT2D eigenvalue weighted by Gasteiger charge is -2.10. The summed E-state index contributed by atoms with van der Waals surface area (Å²) >= 11 is 1.44. The van der Waals surface area contributed by atoms with E-state index in [1.54, 1.807) is 20.4 Å². The maximum Gasteiger partial charge on any atom is 0.142 e. The topological polar surface area (TPSA) is 67.2 Å². The van der Waals surface area contributed by atoms with Gasteiger partial charge in [-0.3, -0.25) is 0 Å². The van der Waals surface area contributed by atoms with Gasteiger partial charge in [0.25, 0.3) is 0 Å². The monoisotopic (exact) mass is 391 g/mol. The minimum Gasteiger partial charge on any atom is -0.497 e. The predicted octanol–water partition coefficient (Wildman–Crippen LogP) is 5.37. The van der Waals surface area contributed by atoms with Crippen molar-refractivity contribution in [1.82, 2.24) is 4.98 Å². The van der Waals surface area contributed by atoms with E-state index in [9.17, 15) is 5.26 Å². The average Bonchev–Trinajstić information content (AvgIpc) is 3.24. The molecule has 0 aliphatic rings. The number of thiazole rings is 1. The Labute approximate surface area is 168 Å². The average molecular weight is 391 g/mol. The molecule has 6 heteroatoms. The predicted molar refractivity (Wildman–Crippen MR) is 114 cm³/mol. The Morgan fingerprint density at radius 3 is 2.61 bits per heavy atom. The molecule has 2 aromatic carbocycles. The van der Waals surface area contributed by atoms with Gasteiger partial charge in [-0.25, -0.2) is 4.98 Å². The zero-order chi connectivity index (χ0) is 19.9. The van der Waals surface area contributed by atoms with E-state index in [-0.39, 0.29) is 0 Å². The van der Waals surface area contributed by atoms with E-state index >= 15 is 0 Å². The van der Waals surface area contributed by atoms with E-state index < -0.39 is 0 Å². The highest BCUT2D eigenvalue weighted by Gasteiger charge is 2.10. The molecule has 0 aliphatic heterocycles. The van der Waals surface area contributed by atoms with Crippen molar-refractivity contribution in [2.45, 2.75) is 13.3 Å². The number of ether oxygens (including phenoxy) is 2. The quantitative estimate of drug-likeness (QED) is 0.549. The van der Waals surface area contributed by atoms with Gasteiger partial charge < -0.3 is 14.8 Å². The van der Waals surface area contributed by atoms with Gasteiger partial charge in [-0.1, -0.05) is 31.2 Å². The Bertz CT molecular complexity index is 1020. The van der Waals surface area contributed by atoms with Crippen molar-refractivity contribution in [2.24, 2.45) is 0 Å². The Morgan fingerprint density at radius 2 is 1.96 bits per heavy atom. The van der Waals surface area contributed by atoms with Crippen LogP contribution in [0.1, 0.15) is 17.5 Å². The summed E-state index contributed by atoms with van der Waals surface area (Å²) in [7, 11) is 3.20. The van der Waals surface area contributed by atoms with Crippen molar-refractivity contribution >= 4 is 22.6 Å². The largest absolute Gasteiger partial charge is 0.497 e. The van der Waals surface area contributed by atoms with Gasteiger partial charge >= 0.3 is 0 Å². The lowest BCUT2D eigenvalue weighted by atomic mass is 10.1. The molecule has 3 rings (SSSR count). The lowest BCUT2D eigenvalue weighted by molar-refractivity contribution is 0.405. The van der Waals surface area contributed by atoms with Crippen LogP contribution in [-0.2, 0) is 6.42 Å². The second kappa shape index (κ2) is 9.07. The minimum atomic E-state index is 0.450. The SMILES string of the molecule is CCc1ccc(-c2csc(C(C#N)=CNc3cc(OC)ccc3OC)n2)cc1. The molecule has 0 amide bonds. The molecule has 0 spiro atoms. The number of nitrogens with zero attached hydrogens (tertiary/aromatic N) is 2. The fourth-order valence-electron chi connectivity index (χ4n) is 2.66. The highest BCUT2D eigenvalue weighted by Crippen LogP contribution is 2.30. The van der Waals surface area contributed by atoms with Crippen LogP contribution in [0.3, 0.4) is 0 Å². The Kier molecular flexibility index (Phi) is 6.30. The number of benzene rings is 2. The molecule has 28 heavy (non-hydrogen) atoms. The van der Waals surface area contributed by atoms with Gasteiger partial charge in [0.05, 0.1) is 25.6 Å². The van der Waals surface area contributed by atoms with Gasteiger partial charge in [-0.05, 0) is 24.1 Å². The maximum absolute atomic E-state index is 9.59. The smallest absolute Gasteiger partial charge is 0.142 e. The fraction of sp³-hybridized carbons (Fsp3) is 0.182. The van der Waals surface area contributed by atoms with Crippen LogP contribution >= 0.6 is 11.3 Å². The molecule has 1 heterocycles. The minimum absolute atomic E-state index is 0.450. The van der Waals surface area contributed by atoms with Crippen LogP contribution in [0.4, 0.5) is 5.69 Å². The van der Waals surface area contributed by atoms with Crippen molar-refractivity contribution < 1.29 is 9.47 Å². The van der Waals surface area contributed by atoms with Gasteiger partial charge in [-0.2, -0.15) is 5.26 Å². The van der Waals surface area contributed by atoms with Crippen molar-refractivity contribution in [3.8, 4) is 28.8 Å². The molecule has 0 radical (unpaired) electrons. The van der Waals surface area contributed by atoms with E-state index in [0.29, 0.717) is 27.8 Å². The highest BCUT2D eigenvalue weighted by atomic mass is 32.1. The first kappa shape index (κ1) is 19.5. The number of allylic oxidation sites excluding steroid dienone is 1. The van der Waals surface area contributed by atoms with Crippen LogP contribution in [0.5, 0.6) is 11.5 Å². The van der Waals surface area contributed by atoms with Crippen molar-refractivity contribution in [1.29, 1.82) is 5.26 Å². The number of nitriles is 1. The van der Waals surface area contributed by atoms with Crippen LogP contribution in [0.15, 0.2) is 54.0 Å². The van der Waals surface area contributed by atoms with E-state index in [0.717, 1.165) is 17.7 Å². The number of nitrogens with one attached hydrogen (secondary N) is 1. The summed E-state index contributed by atoms with van der Waals surface area (Å²) in [5.74, 6) is 1.35. The molecular formula is C22H21N3O2S. The molecule has 0 saturated heterocycles. The number of rotatable bonds is 7. The molecule has 5 nitrogen and oxygen atoms in total. The molecule has 142 valence electrons. The van der Waals surface area contributed by atoms with Gasteiger partial charge in [0.2, 0.25) is 0 Å². The zero-order valence-corrected chi connectivity index (χ0v) is 16.8. The number of hydrogen-bond donors (Lipinski definition) is 1. The maximum atomic E-state index is 9.59. The van der Waals surface area contributed by atoms with Gasteiger partial charge in [0.15, 0.2) is 0 Å². The standard InChI is InChI=1S/C22H21N3O2S/c1-4-15-5-7-16(8-6-15)20-14-28-22(25-20)17(12-23)13-24-19-11-18(26-2)9-10-21(19)27-3/h5-11,13-14,24H,4H2,1-3H3. The van der Waals surface area contributed by atoms with Crippen LogP contribution in [0.2, 0.25) is 0 Å². The van der Waals surface area contributed by atoms with Gasteiger partial charge in [0.1, 0.15) is 28.1 Å². The van der Waals surface area contributed by atoms with Crippen LogP contribution in [-0.4, -0.2) is 19.2 Å². The Morgan fingerprint density at radius 1 is 1.18 bits per heavy atom. The summed E-state index contributed by atoms with van der Waals surface area (Å²) in [6.45, 7) is 2.13. The second-order valence-corrected chi connectivity index (χ2v) is 6.83. The van der Waals surface area contributed by atoms with Crippen LogP contribution < -0.4 is 14.8 Å². The first-order valence-electron chi connectivity index (χ1n) is 8.82. The molecule has 1 aromatic heterocycles. The third-order valence-electron chi connectivity index (χ3n) is 4.29. The van der Waals surface area contributed by atoms with Gasteiger partial charge in [-0.15, -0.1) is 11.3 Å². The first-order chi connectivity index (χ1) is 13.7. The summed E-state index contributed by atoms with van der Waals surface area (Å²) in [5, 5.41) is 15.3. The fourth-order valence-corrected chi connectivity index (χ4v) is 3.45. The molecule has 0 atom stereocenters. The summed E-state index contributed by atoms with van der Waals surface area (Å²) in [6.07, 6.45) is 2.64. The molecule has 0 saturated carbocycles. The molecular weight excluding hydrogens is 370 g/mol. The Hall–Kier alpha value is -3.30. The van der Waals surface area contributed by atoms with Crippen molar-refractivity contribution in [2.75, 3.05) is 19.5 Å². The molecule has 0 bridgehead atoms. The number of anilines is 1. The third kappa shape index (κ3) is 4.33. The number of hydrogen-bond acceptors (Lipinski definition) is 6. The molecule has 0 unspecified atom stereocenters. The molecule has 1 N–H and O–H groups in total.